The fourth-order valence-electron chi connectivity index (χ4n) is 2.74. The van der Waals surface area contributed by atoms with E-state index in [1.54, 1.807) is 34.6 Å². The molecule has 0 aromatic heterocycles. The predicted octanol–water partition coefficient (Wildman–Crippen LogP) is 0.517. The lowest BCUT2D eigenvalue weighted by atomic mass is 10.0. The zero-order valence-electron chi connectivity index (χ0n) is 17.0. The van der Waals surface area contributed by atoms with Crippen molar-refractivity contribution in [3.05, 3.63) is 0 Å². The predicted molar refractivity (Wildman–Crippen MR) is 99.5 cm³/mol. The summed E-state index contributed by atoms with van der Waals surface area (Å²) in [6.07, 6.45) is 0.622. The van der Waals surface area contributed by atoms with Gasteiger partial charge in [0.2, 0.25) is 17.7 Å². The number of rotatable bonds is 6. The van der Waals surface area contributed by atoms with E-state index in [1.165, 1.54) is 11.8 Å². The number of carbonyl (C=O) groups is 4. The molecule has 0 bridgehead atoms. The van der Waals surface area contributed by atoms with Crippen LogP contribution in [0.5, 0.6) is 0 Å². The summed E-state index contributed by atoms with van der Waals surface area (Å²) in [6.45, 7) is 10.7. The first-order valence-corrected chi connectivity index (χ1v) is 9.23. The van der Waals surface area contributed by atoms with Crippen LogP contribution in [0.3, 0.4) is 0 Å². The van der Waals surface area contributed by atoms with Crippen molar-refractivity contribution in [1.29, 1.82) is 0 Å². The summed E-state index contributed by atoms with van der Waals surface area (Å²) in [6, 6.07) is -2.39. The fraction of sp³-hybridized carbons (Fsp3) is 0.778. The van der Waals surface area contributed by atoms with E-state index in [9.17, 15) is 19.2 Å². The summed E-state index contributed by atoms with van der Waals surface area (Å²) in [5.41, 5.74) is 4.50. The minimum absolute atomic E-state index is 0.217. The molecule has 0 saturated carbocycles. The Balaban J connectivity index is 2.81. The van der Waals surface area contributed by atoms with Crippen molar-refractivity contribution < 1.29 is 23.9 Å². The maximum absolute atomic E-state index is 12.7. The van der Waals surface area contributed by atoms with E-state index in [2.05, 4.69) is 10.6 Å². The second-order valence-electron chi connectivity index (χ2n) is 8.19. The molecule has 0 unspecified atom stereocenters. The van der Waals surface area contributed by atoms with Crippen LogP contribution in [0.4, 0.5) is 4.79 Å². The van der Waals surface area contributed by atoms with E-state index >= 15 is 0 Å². The van der Waals surface area contributed by atoms with E-state index in [4.69, 9.17) is 10.5 Å². The second-order valence-corrected chi connectivity index (χ2v) is 8.19. The van der Waals surface area contributed by atoms with Crippen LogP contribution in [0.15, 0.2) is 0 Å². The number of nitrogens with two attached hydrogens (primary N) is 1. The summed E-state index contributed by atoms with van der Waals surface area (Å²) < 4.78 is 5.36. The lowest BCUT2D eigenvalue weighted by Crippen LogP contribution is -2.57. The number of primary amides is 1. The van der Waals surface area contributed by atoms with Crippen molar-refractivity contribution in [1.82, 2.24) is 15.5 Å². The van der Waals surface area contributed by atoms with Gasteiger partial charge >= 0.3 is 6.09 Å². The zero-order chi connectivity index (χ0) is 20.9. The molecule has 1 heterocycles. The van der Waals surface area contributed by atoms with Gasteiger partial charge in [0, 0.05) is 6.54 Å². The summed E-state index contributed by atoms with van der Waals surface area (Å²) in [7, 11) is 0. The lowest BCUT2D eigenvalue weighted by Gasteiger charge is -2.30. The van der Waals surface area contributed by atoms with Crippen molar-refractivity contribution in [3.8, 4) is 0 Å². The second kappa shape index (κ2) is 9.05. The number of hydrogen-bond acceptors (Lipinski definition) is 5. The van der Waals surface area contributed by atoms with Crippen LogP contribution in [-0.2, 0) is 19.1 Å². The Kier molecular flexibility index (Phi) is 7.62. The van der Waals surface area contributed by atoms with Gasteiger partial charge in [-0.05, 0) is 46.5 Å². The third-order valence-electron chi connectivity index (χ3n) is 4.22. The highest BCUT2D eigenvalue weighted by molar-refractivity contribution is 5.93. The van der Waals surface area contributed by atoms with Gasteiger partial charge in [0.1, 0.15) is 23.7 Å². The molecule has 3 atom stereocenters. The molecule has 4 N–H and O–H groups in total. The van der Waals surface area contributed by atoms with Gasteiger partial charge in [-0.25, -0.2) is 4.79 Å². The van der Waals surface area contributed by atoms with Gasteiger partial charge < -0.3 is 21.1 Å². The molecule has 9 nitrogen and oxygen atoms in total. The van der Waals surface area contributed by atoms with Gasteiger partial charge in [0.15, 0.2) is 0 Å². The number of likely N-dealkylation sites (tertiary alicyclic amines) is 1. The molecule has 1 fully saturated rings. The molecule has 0 aromatic carbocycles. The number of ether oxygens (including phenoxy) is 1. The van der Waals surface area contributed by atoms with Crippen LogP contribution in [0, 0.1) is 5.92 Å². The standard InChI is InChI=1S/C18H32N4O5/c1-10(2)13(16(25)20-11(3)14(19)23)21-15(24)12-8-7-9-22(12)17(26)27-18(4,5)6/h10-13H,7-9H2,1-6H3,(H2,19,23)(H,20,25)(H,21,24)/t11-,12-,13+/m0/s1. The van der Waals surface area contributed by atoms with Crippen molar-refractivity contribution in [3.63, 3.8) is 0 Å². The monoisotopic (exact) mass is 384 g/mol. The molecule has 1 aliphatic rings. The third kappa shape index (κ3) is 6.73. The molecule has 4 amide bonds. The summed E-state index contributed by atoms with van der Waals surface area (Å²) in [5, 5.41) is 5.19. The summed E-state index contributed by atoms with van der Waals surface area (Å²) in [4.78, 5) is 50.0. The Bertz CT molecular complexity index is 585. The van der Waals surface area contributed by atoms with E-state index in [1.807, 2.05) is 0 Å². The zero-order valence-corrected chi connectivity index (χ0v) is 17.0. The molecule has 1 rings (SSSR count). The highest BCUT2D eigenvalue weighted by Gasteiger charge is 2.38. The topological polar surface area (TPSA) is 131 Å². The van der Waals surface area contributed by atoms with Gasteiger partial charge in [-0.1, -0.05) is 13.8 Å². The highest BCUT2D eigenvalue weighted by Crippen LogP contribution is 2.21. The van der Waals surface area contributed by atoms with E-state index < -0.39 is 47.5 Å². The number of nitrogens with zero attached hydrogens (tertiary/aromatic N) is 1. The van der Waals surface area contributed by atoms with E-state index in [0.717, 1.165) is 0 Å². The van der Waals surface area contributed by atoms with Gasteiger partial charge in [-0.15, -0.1) is 0 Å². The summed E-state index contributed by atoms with van der Waals surface area (Å²) in [5.74, 6) is -1.79. The van der Waals surface area contributed by atoms with Crippen molar-refractivity contribution in [2.45, 2.75) is 78.1 Å². The van der Waals surface area contributed by atoms with E-state index in [0.29, 0.717) is 19.4 Å². The first-order valence-electron chi connectivity index (χ1n) is 9.23. The first kappa shape index (κ1) is 22.7. The minimum atomic E-state index is -0.847. The quantitative estimate of drug-likeness (QED) is 0.614. The van der Waals surface area contributed by atoms with E-state index in [-0.39, 0.29) is 5.92 Å². The molecule has 0 aliphatic carbocycles. The molecular weight excluding hydrogens is 352 g/mol. The van der Waals surface area contributed by atoms with Gasteiger partial charge in [-0.2, -0.15) is 0 Å². The van der Waals surface area contributed by atoms with Crippen LogP contribution >= 0.6 is 0 Å². The first-order chi connectivity index (χ1) is 12.3. The Labute approximate surface area is 160 Å². The Morgan fingerprint density at radius 2 is 1.70 bits per heavy atom. The average molecular weight is 384 g/mol. The molecule has 0 spiro atoms. The van der Waals surface area contributed by atoms with Crippen LogP contribution < -0.4 is 16.4 Å². The van der Waals surface area contributed by atoms with Crippen molar-refractivity contribution in [2.75, 3.05) is 6.54 Å². The average Bonchev–Trinajstić information content (AvgIpc) is 2.99. The molecule has 1 aliphatic heterocycles. The van der Waals surface area contributed by atoms with Gasteiger partial charge in [0.05, 0.1) is 0 Å². The Morgan fingerprint density at radius 1 is 1.11 bits per heavy atom. The Hall–Kier alpha value is -2.32. The molecule has 1 saturated heterocycles. The van der Waals surface area contributed by atoms with Crippen molar-refractivity contribution >= 4 is 23.8 Å². The normalized spacial score (nSPS) is 19.4. The SMILES string of the molecule is CC(C)[C@@H](NC(=O)[C@@H]1CCCN1C(=O)OC(C)(C)C)C(=O)N[C@@H](C)C(N)=O. The van der Waals surface area contributed by atoms with Crippen LogP contribution in [0.2, 0.25) is 0 Å². The Morgan fingerprint density at radius 3 is 2.19 bits per heavy atom. The van der Waals surface area contributed by atoms with Gasteiger partial charge in [0.25, 0.3) is 0 Å². The lowest BCUT2D eigenvalue weighted by molar-refractivity contribution is -0.133. The minimum Gasteiger partial charge on any atom is -0.444 e. The van der Waals surface area contributed by atoms with Crippen LogP contribution in [-0.4, -0.2) is 59.0 Å². The number of nitrogens with one attached hydrogen (secondary N) is 2. The molecular formula is C18H32N4O5. The maximum atomic E-state index is 12.7. The molecule has 0 radical (unpaired) electrons. The molecule has 27 heavy (non-hydrogen) atoms. The number of carbonyl (C=O) groups excluding carboxylic acids is 4. The summed E-state index contributed by atoms with van der Waals surface area (Å²) >= 11 is 0. The molecule has 154 valence electrons. The maximum Gasteiger partial charge on any atom is 0.410 e. The fourth-order valence-corrected chi connectivity index (χ4v) is 2.74. The number of hydrogen-bond donors (Lipinski definition) is 3. The largest absolute Gasteiger partial charge is 0.444 e. The van der Waals surface area contributed by atoms with Crippen LogP contribution in [0.25, 0.3) is 0 Å². The molecule has 0 aromatic rings. The van der Waals surface area contributed by atoms with Crippen LogP contribution in [0.1, 0.15) is 54.4 Å². The van der Waals surface area contributed by atoms with Gasteiger partial charge in [-0.3, -0.25) is 19.3 Å². The number of amides is 4. The highest BCUT2D eigenvalue weighted by atomic mass is 16.6. The smallest absolute Gasteiger partial charge is 0.410 e. The third-order valence-corrected chi connectivity index (χ3v) is 4.22. The van der Waals surface area contributed by atoms with Crippen molar-refractivity contribution in [2.24, 2.45) is 11.7 Å². The molecule has 9 heteroatoms.